The summed E-state index contributed by atoms with van der Waals surface area (Å²) in [6, 6.07) is 1.61. The van der Waals surface area contributed by atoms with E-state index in [4.69, 9.17) is 25.6 Å². The SMILES string of the molecule is CN1CCC(C#N)(NC(=O)C(CC2CCCCC2)N=C(c2nc(N)c(C(N)=O)o2)N2CCOCC2)CC1. The van der Waals surface area contributed by atoms with Crippen LogP contribution in [0.1, 0.15) is 67.8 Å². The van der Waals surface area contributed by atoms with Crippen molar-refractivity contribution in [2.75, 3.05) is 52.2 Å². The molecule has 1 aliphatic carbocycles. The zero-order chi connectivity index (χ0) is 26.4. The molecular weight excluding hydrogens is 476 g/mol. The van der Waals surface area contributed by atoms with Crippen LogP contribution in [0.3, 0.4) is 0 Å². The topological polar surface area (TPSA) is 176 Å². The Bertz CT molecular complexity index is 1030. The zero-order valence-electron chi connectivity index (χ0n) is 21.6. The smallest absolute Gasteiger partial charge is 0.288 e. The van der Waals surface area contributed by atoms with E-state index in [2.05, 4.69) is 21.3 Å². The number of nitrogens with one attached hydrogen (secondary N) is 1. The molecule has 0 bridgehead atoms. The predicted molar refractivity (Wildman–Crippen MR) is 137 cm³/mol. The quantitative estimate of drug-likeness (QED) is 0.352. The van der Waals surface area contributed by atoms with Gasteiger partial charge in [0.2, 0.25) is 11.7 Å². The van der Waals surface area contributed by atoms with Crippen molar-refractivity contribution in [2.24, 2.45) is 16.6 Å². The maximum atomic E-state index is 13.8. The molecule has 37 heavy (non-hydrogen) atoms. The normalized spacial score (nSPS) is 22.3. The fraction of sp³-hybridized carbons (Fsp3) is 0.720. The van der Waals surface area contributed by atoms with Gasteiger partial charge >= 0.3 is 0 Å². The summed E-state index contributed by atoms with van der Waals surface area (Å²) >= 11 is 0. The van der Waals surface area contributed by atoms with E-state index in [0.717, 1.165) is 38.8 Å². The third kappa shape index (κ3) is 6.59. The highest BCUT2D eigenvalue weighted by Crippen LogP contribution is 2.30. The van der Waals surface area contributed by atoms with Crippen LogP contribution < -0.4 is 16.8 Å². The fourth-order valence-corrected chi connectivity index (χ4v) is 5.34. The minimum absolute atomic E-state index is 0.0453. The summed E-state index contributed by atoms with van der Waals surface area (Å²) in [4.78, 5) is 38.8. The highest BCUT2D eigenvalue weighted by atomic mass is 16.5. The van der Waals surface area contributed by atoms with Crippen molar-refractivity contribution in [1.29, 1.82) is 5.26 Å². The number of oxazole rings is 1. The van der Waals surface area contributed by atoms with Gasteiger partial charge < -0.3 is 35.7 Å². The van der Waals surface area contributed by atoms with Gasteiger partial charge in [-0.3, -0.25) is 14.6 Å². The lowest BCUT2D eigenvalue weighted by Gasteiger charge is -2.37. The molecule has 2 saturated heterocycles. The molecule has 1 aromatic heterocycles. The first kappa shape index (κ1) is 26.9. The fourth-order valence-electron chi connectivity index (χ4n) is 5.34. The van der Waals surface area contributed by atoms with Gasteiger partial charge in [-0.1, -0.05) is 32.1 Å². The maximum Gasteiger partial charge on any atom is 0.288 e. The van der Waals surface area contributed by atoms with E-state index in [0.29, 0.717) is 57.3 Å². The molecule has 2 aliphatic heterocycles. The molecule has 1 unspecified atom stereocenters. The van der Waals surface area contributed by atoms with Crippen LogP contribution in [0.2, 0.25) is 0 Å². The number of morpholine rings is 1. The Balaban J connectivity index is 1.68. The molecule has 1 atom stereocenters. The summed E-state index contributed by atoms with van der Waals surface area (Å²) in [6.07, 6.45) is 7.21. The number of anilines is 1. The Morgan fingerprint density at radius 2 is 1.89 bits per heavy atom. The van der Waals surface area contributed by atoms with Crippen LogP contribution in [0.15, 0.2) is 9.41 Å². The molecule has 4 rings (SSSR count). The molecule has 3 fully saturated rings. The van der Waals surface area contributed by atoms with Crippen molar-refractivity contribution in [1.82, 2.24) is 20.1 Å². The van der Waals surface area contributed by atoms with E-state index in [1.54, 1.807) is 0 Å². The Morgan fingerprint density at radius 1 is 1.22 bits per heavy atom. The first-order valence-corrected chi connectivity index (χ1v) is 13.2. The lowest BCUT2D eigenvalue weighted by Crippen LogP contribution is -2.56. The average molecular weight is 515 g/mol. The number of aliphatic imine (C=N–C) groups is 1. The third-order valence-corrected chi connectivity index (χ3v) is 7.66. The number of hydrogen-bond donors (Lipinski definition) is 3. The summed E-state index contributed by atoms with van der Waals surface area (Å²) in [7, 11) is 2.01. The lowest BCUT2D eigenvalue weighted by molar-refractivity contribution is -0.124. The van der Waals surface area contributed by atoms with E-state index in [9.17, 15) is 14.9 Å². The van der Waals surface area contributed by atoms with E-state index in [-0.39, 0.29) is 23.4 Å². The van der Waals surface area contributed by atoms with Gasteiger partial charge in [-0.05, 0) is 32.2 Å². The first-order chi connectivity index (χ1) is 17.8. The summed E-state index contributed by atoms with van der Waals surface area (Å²) in [5.74, 6) is -0.725. The van der Waals surface area contributed by atoms with Crippen LogP contribution >= 0.6 is 0 Å². The molecule has 3 aliphatic rings. The zero-order valence-corrected chi connectivity index (χ0v) is 21.6. The van der Waals surface area contributed by atoms with Gasteiger partial charge in [0.05, 0.1) is 19.3 Å². The maximum absolute atomic E-state index is 13.8. The lowest BCUT2D eigenvalue weighted by atomic mass is 9.84. The van der Waals surface area contributed by atoms with Crippen LogP contribution in [-0.2, 0) is 9.53 Å². The summed E-state index contributed by atoms with van der Waals surface area (Å²) in [6.45, 7) is 3.44. The second-order valence-corrected chi connectivity index (χ2v) is 10.4. The van der Waals surface area contributed by atoms with Crippen LogP contribution in [0.5, 0.6) is 0 Å². The number of piperidine rings is 1. The van der Waals surface area contributed by atoms with Crippen molar-refractivity contribution >= 4 is 23.5 Å². The predicted octanol–water partition coefficient (Wildman–Crippen LogP) is 0.878. The molecule has 1 aromatic rings. The Kier molecular flexibility index (Phi) is 8.66. The number of amides is 2. The van der Waals surface area contributed by atoms with Crippen LogP contribution in [-0.4, -0.2) is 90.5 Å². The van der Waals surface area contributed by atoms with Crippen molar-refractivity contribution < 1.29 is 18.7 Å². The minimum atomic E-state index is -0.921. The number of nitrogens with zero attached hydrogens (tertiary/aromatic N) is 5. The van der Waals surface area contributed by atoms with Crippen molar-refractivity contribution in [3.63, 3.8) is 0 Å². The van der Waals surface area contributed by atoms with Gasteiger partial charge in [-0.15, -0.1) is 0 Å². The molecule has 3 heterocycles. The molecule has 202 valence electrons. The molecule has 0 radical (unpaired) electrons. The van der Waals surface area contributed by atoms with Gasteiger partial charge in [-0.25, -0.2) is 0 Å². The van der Waals surface area contributed by atoms with Crippen molar-refractivity contribution in [2.45, 2.75) is 62.9 Å². The van der Waals surface area contributed by atoms with Crippen LogP contribution in [0.25, 0.3) is 0 Å². The van der Waals surface area contributed by atoms with Crippen LogP contribution in [0.4, 0.5) is 5.82 Å². The number of nitrogen functional groups attached to an aromatic ring is 1. The Hall–Kier alpha value is -3.17. The number of carbonyl (C=O) groups is 2. The largest absolute Gasteiger partial charge is 0.426 e. The molecule has 12 heteroatoms. The molecule has 2 amide bonds. The van der Waals surface area contributed by atoms with Gasteiger partial charge in [0.15, 0.2) is 11.7 Å². The highest BCUT2D eigenvalue weighted by Gasteiger charge is 2.38. The molecule has 5 N–H and O–H groups in total. The number of carbonyl (C=O) groups excluding carboxylic acids is 2. The number of primary amides is 1. The molecule has 12 nitrogen and oxygen atoms in total. The van der Waals surface area contributed by atoms with E-state index < -0.39 is 17.5 Å². The molecule has 1 saturated carbocycles. The van der Waals surface area contributed by atoms with Gasteiger partial charge in [0.1, 0.15) is 11.6 Å². The Morgan fingerprint density at radius 3 is 2.49 bits per heavy atom. The average Bonchev–Trinajstić information content (AvgIpc) is 3.30. The Labute approximate surface area is 217 Å². The van der Waals surface area contributed by atoms with E-state index >= 15 is 0 Å². The number of ether oxygens (including phenoxy) is 1. The summed E-state index contributed by atoms with van der Waals surface area (Å²) in [5, 5.41) is 13.1. The van der Waals surface area contributed by atoms with Crippen molar-refractivity contribution in [3.05, 3.63) is 11.7 Å². The van der Waals surface area contributed by atoms with Crippen molar-refractivity contribution in [3.8, 4) is 6.07 Å². The minimum Gasteiger partial charge on any atom is -0.426 e. The highest BCUT2D eigenvalue weighted by molar-refractivity contribution is 6.00. The van der Waals surface area contributed by atoms with E-state index in [1.807, 2.05) is 11.9 Å². The van der Waals surface area contributed by atoms with Gasteiger partial charge in [0, 0.05) is 26.2 Å². The summed E-state index contributed by atoms with van der Waals surface area (Å²) in [5.41, 5.74) is 10.4. The van der Waals surface area contributed by atoms with Gasteiger partial charge in [-0.2, -0.15) is 10.2 Å². The van der Waals surface area contributed by atoms with Crippen LogP contribution in [0, 0.1) is 17.2 Å². The first-order valence-electron chi connectivity index (χ1n) is 13.2. The number of hydrogen-bond acceptors (Lipinski definition) is 9. The summed E-state index contributed by atoms with van der Waals surface area (Å²) < 4.78 is 11.1. The number of likely N-dealkylation sites (tertiary alicyclic amines) is 1. The molecular formula is C25H38N8O4. The number of aromatic nitrogens is 1. The number of nitrogens with two attached hydrogens (primary N) is 2. The number of rotatable bonds is 7. The number of amidine groups is 1. The number of nitriles is 1. The molecule has 0 aromatic carbocycles. The third-order valence-electron chi connectivity index (χ3n) is 7.66. The monoisotopic (exact) mass is 514 g/mol. The second-order valence-electron chi connectivity index (χ2n) is 10.4. The standard InChI is InChI=1S/C25H38N8O4/c1-32-9-7-25(16-26,8-10-32)31-23(35)18(15-17-5-3-2-4-6-17)29-22(33-11-13-36-14-12-33)24-30-20(27)19(37-24)21(28)34/h17-18H,2-15,27H2,1H3,(H2,28,34)(H,31,35). The molecule has 0 spiro atoms. The van der Waals surface area contributed by atoms with E-state index in [1.165, 1.54) is 6.42 Å². The second kappa shape index (κ2) is 11.9. The van der Waals surface area contributed by atoms with Gasteiger partial charge in [0.25, 0.3) is 11.8 Å².